The minimum absolute atomic E-state index is 0.0279. The van der Waals surface area contributed by atoms with Crippen LogP contribution in [-0.2, 0) is 32.6 Å². The Morgan fingerprint density at radius 1 is 0.812 bits per heavy atom. The molecule has 1 heterocycles. The summed E-state index contributed by atoms with van der Waals surface area (Å²) in [5.41, 5.74) is 0.662. The zero-order chi connectivity index (χ0) is 34.5. The van der Waals surface area contributed by atoms with Crippen molar-refractivity contribution in [2.75, 3.05) is 24.1 Å². The number of nitrogens with zero attached hydrogens (tertiary/aromatic N) is 2. The van der Waals surface area contributed by atoms with Crippen LogP contribution in [0.3, 0.4) is 0 Å². The molecule has 1 N–H and O–H groups in total. The molecule has 0 unspecified atom stereocenters. The predicted octanol–water partition coefficient (Wildman–Crippen LogP) is 5.49. The van der Waals surface area contributed by atoms with Crippen LogP contribution in [0, 0.1) is 11.6 Å². The van der Waals surface area contributed by atoms with Crippen molar-refractivity contribution in [3.63, 3.8) is 0 Å². The Labute approximate surface area is 279 Å². The average molecular weight is 678 g/mol. The molecule has 12 heteroatoms. The van der Waals surface area contributed by atoms with Crippen molar-refractivity contribution in [2.45, 2.75) is 50.2 Å². The number of ether oxygens (including phenoxy) is 2. The summed E-state index contributed by atoms with van der Waals surface area (Å²) < 4.78 is 68.5. The van der Waals surface area contributed by atoms with Gasteiger partial charge in [-0.25, -0.2) is 17.2 Å². The zero-order valence-electron chi connectivity index (χ0n) is 26.9. The Bertz CT molecular complexity index is 1850. The van der Waals surface area contributed by atoms with Gasteiger partial charge in [0.2, 0.25) is 11.8 Å². The van der Waals surface area contributed by atoms with Gasteiger partial charge in [-0.15, -0.1) is 0 Å². The lowest BCUT2D eigenvalue weighted by atomic mass is 10.0. The fraction of sp³-hybridized carbons (Fsp3) is 0.278. The van der Waals surface area contributed by atoms with Gasteiger partial charge in [0.05, 0.1) is 10.6 Å². The van der Waals surface area contributed by atoms with Gasteiger partial charge in [0.15, 0.2) is 11.5 Å². The highest BCUT2D eigenvalue weighted by Crippen LogP contribution is 2.34. The molecule has 0 aromatic heterocycles. The van der Waals surface area contributed by atoms with Crippen molar-refractivity contribution < 1.29 is 36.3 Å². The molecule has 0 fully saturated rings. The lowest BCUT2D eigenvalue weighted by Gasteiger charge is -2.35. The topological polar surface area (TPSA) is 105 Å². The van der Waals surface area contributed by atoms with Crippen molar-refractivity contribution in [2.24, 2.45) is 0 Å². The molecule has 0 saturated heterocycles. The van der Waals surface area contributed by atoms with Crippen molar-refractivity contribution in [1.29, 1.82) is 0 Å². The summed E-state index contributed by atoms with van der Waals surface area (Å²) >= 11 is 0. The SMILES string of the molecule is CC(C)(C)NC(=O)[C@@H](Cc1ccccc1)N(Cc1ccc(F)cc1)C(=O)CN(c1ccc(F)cc1)S(=O)(=O)c1ccc2c(c1)OCCO2. The van der Waals surface area contributed by atoms with Crippen LogP contribution in [0.4, 0.5) is 14.5 Å². The molecule has 0 bridgehead atoms. The maximum absolute atomic E-state index is 14.5. The normalized spacial score (nSPS) is 13.4. The average Bonchev–Trinajstić information content (AvgIpc) is 3.06. The predicted molar refractivity (Wildman–Crippen MR) is 177 cm³/mol. The van der Waals surface area contributed by atoms with Crippen LogP contribution in [0.25, 0.3) is 0 Å². The summed E-state index contributed by atoms with van der Waals surface area (Å²) in [5.74, 6) is -1.63. The van der Waals surface area contributed by atoms with Crippen molar-refractivity contribution in [3.05, 3.63) is 120 Å². The maximum atomic E-state index is 14.5. The Balaban J connectivity index is 1.58. The molecular weight excluding hydrogens is 640 g/mol. The van der Waals surface area contributed by atoms with Gasteiger partial charge in [-0.1, -0.05) is 42.5 Å². The molecule has 1 aliphatic rings. The number of hydrogen-bond donors (Lipinski definition) is 1. The smallest absolute Gasteiger partial charge is 0.264 e. The number of nitrogens with one attached hydrogen (secondary N) is 1. The number of hydrogen-bond acceptors (Lipinski definition) is 6. The summed E-state index contributed by atoms with van der Waals surface area (Å²) in [6, 6.07) is 22.4. The Kier molecular flexibility index (Phi) is 10.3. The fourth-order valence-electron chi connectivity index (χ4n) is 5.24. The molecular formula is C36H37F2N3O6S. The van der Waals surface area contributed by atoms with E-state index in [1.165, 1.54) is 59.5 Å². The molecule has 1 atom stereocenters. The van der Waals surface area contributed by atoms with E-state index in [9.17, 15) is 26.8 Å². The van der Waals surface area contributed by atoms with E-state index < -0.39 is 51.6 Å². The van der Waals surface area contributed by atoms with E-state index in [-0.39, 0.29) is 35.9 Å². The van der Waals surface area contributed by atoms with E-state index in [4.69, 9.17) is 9.47 Å². The number of rotatable bonds is 11. The summed E-state index contributed by atoms with van der Waals surface area (Å²) in [6.45, 7) is 5.11. The summed E-state index contributed by atoms with van der Waals surface area (Å²) in [5, 5.41) is 2.95. The zero-order valence-corrected chi connectivity index (χ0v) is 27.7. The van der Waals surface area contributed by atoms with E-state index in [1.807, 2.05) is 51.1 Å². The third-order valence-corrected chi connectivity index (χ3v) is 9.30. The van der Waals surface area contributed by atoms with Crippen molar-refractivity contribution >= 4 is 27.5 Å². The highest BCUT2D eigenvalue weighted by Gasteiger charge is 2.36. The molecule has 1 aliphatic heterocycles. The second-order valence-electron chi connectivity index (χ2n) is 12.4. The monoisotopic (exact) mass is 677 g/mol. The number of anilines is 1. The van der Waals surface area contributed by atoms with Crippen LogP contribution >= 0.6 is 0 Å². The number of halogens is 2. The van der Waals surface area contributed by atoms with Crippen LogP contribution < -0.4 is 19.1 Å². The molecule has 0 aliphatic carbocycles. The van der Waals surface area contributed by atoms with E-state index >= 15 is 0 Å². The van der Waals surface area contributed by atoms with E-state index in [1.54, 1.807) is 0 Å². The minimum atomic E-state index is -4.46. The number of carbonyl (C=O) groups is 2. The first kappa shape index (κ1) is 34.4. The van der Waals surface area contributed by atoms with Gasteiger partial charge >= 0.3 is 0 Å². The first-order chi connectivity index (χ1) is 22.8. The maximum Gasteiger partial charge on any atom is 0.264 e. The Hall–Kier alpha value is -4.97. The summed E-state index contributed by atoms with van der Waals surface area (Å²) in [7, 11) is -4.46. The van der Waals surface area contributed by atoms with E-state index in [0.717, 1.165) is 22.0 Å². The molecule has 0 saturated carbocycles. The van der Waals surface area contributed by atoms with Gasteiger partial charge in [-0.2, -0.15) is 0 Å². The molecule has 2 amide bonds. The minimum Gasteiger partial charge on any atom is -0.486 e. The first-order valence-corrected chi connectivity index (χ1v) is 16.8. The fourth-order valence-corrected chi connectivity index (χ4v) is 6.67. The lowest BCUT2D eigenvalue weighted by Crippen LogP contribution is -2.56. The second kappa shape index (κ2) is 14.4. The summed E-state index contributed by atoms with van der Waals surface area (Å²) in [6.07, 6.45) is 0.112. The molecule has 4 aromatic rings. The Morgan fingerprint density at radius 2 is 1.42 bits per heavy atom. The van der Waals surface area contributed by atoms with E-state index in [2.05, 4.69) is 5.32 Å². The number of carbonyl (C=O) groups excluding carboxylic acids is 2. The van der Waals surface area contributed by atoms with Crippen LogP contribution in [-0.4, -0.2) is 56.5 Å². The number of sulfonamides is 1. The van der Waals surface area contributed by atoms with Crippen molar-refractivity contribution in [1.82, 2.24) is 10.2 Å². The van der Waals surface area contributed by atoms with E-state index in [0.29, 0.717) is 17.9 Å². The number of amides is 2. The van der Waals surface area contributed by atoms with Gasteiger partial charge in [-0.05, 0) is 80.4 Å². The molecule has 252 valence electrons. The van der Waals surface area contributed by atoms with Gasteiger partial charge in [0.1, 0.15) is 37.4 Å². The van der Waals surface area contributed by atoms with Gasteiger partial charge < -0.3 is 19.7 Å². The van der Waals surface area contributed by atoms with Gasteiger partial charge in [0, 0.05) is 24.6 Å². The van der Waals surface area contributed by atoms with Gasteiger partial charge in [-0.3, -0.25) is 13.9 Å². The van der Waals surface area contributed by atoms with Crippen LogP contribution in [0.1, 0.15) is 31.9 Å². The lowest BCUT2D eigenvalue weighted by molar-refractivity contribution is -0.140. The van der Waals surface area contributed by atoms with Crippen LogP contribution in [0.5, 0.6) is 11.5 Å². The highest BCUT2D eigenvalue weighted by atomic mass is 32.2. The molecule has 0 radical (unpaired) electrons. The molecule has 48 heavy (non-hydrogen) atoms. The van der Waals surface area contributed by atoms with Crippen LogP contribution in [0.15, 0.2) is 102 Å². The highest BCUT2D eigenvalue weighted by molar-refractivity contribution is 7.92. The molecule has 0 spiro atoms. The number of benzene rings is 4. The second-order valence-corrected chi connectivity index (χ2v) is 14.2. The van der Waals surface area contributed by atoms with Crippen LogP contribution in [0.2, 0.25) is 0 Å². The molecule has 9 nitrogen and oxygen atoms in total. The molecule has 4 aromatic carbocycles. The standard InChI is InChI=1S/C36H37F2N3O6S/c1-36(2,3)39-35(43)31(21-25-7-5-4-6-8-25)40(23-26-9-11-27(37)12-10-26)34(42)24-41(29-15-13-28(38)14-16-29)48(44,45)30-17-18-32-33(22-30)47-20-19-46-32/h4-18,22,31H,19-21,23-24H2,1-3H3,(H,39,43)/t31-/m1/s1. The van der Waals surface area contributed by atoms with Crippen molar-refractivity contribution in [3.8, 4) is 11.5 Å². The Morgan fingerprint density at radius 3 is 2.04 bits per heavy atom. The third-order valence-electron chi connectivity index (χ3n) is 7.53. The largest absolute Gasteiger partial charge is 0.486 e. The summed E-state index contributed by atoms with van der Waals surface area (Å²) in [4.78, 5) is 29.6. The van der Waals surface area contributed by atoms with Gasteiger partial charge in [0.25, 0.3) is 10.0 Å². The number of fused-ring (bicyclic) bond motifs is 1. The quantitative estimate of drug-likeness (QED) is 0.225. The third kappa shape index (κ3) is 8.48. The molecule has 5 rings (SSSR count). The first-order valence-electron chi connectivity index (χ1n) is 15.4.